The van der Waals surface area contributed by atoms with Gasteiger partial charge in [0.25, 0.3) is 0 Å². The van der Waals surface area contributed by atoms with Gasteiger partial charge in [-0.3, -0.25) is 6.08 Å². The zero-order valence-electron chi connectivity index (χ0n) is 7.06. The van der Waals surface area contributed by atoms with Crippen LogP contribution in [-0.4, -0.2) is 0 Å². The van der Waals surface area contributed by atoms with Crippen molar-refractivity contribution in [3.63, 3.8) is 0 Å². The van der Waals surface area contributed by atoms with Crippen molar-refractivity contribution in [2.24, 2.45) is 0 Å². The molecule has 11 heavy (non-hydrogen) atoms. The largest absolute Gasteiger partial charge is 3.00 e. The predicted octanol–water partition coefficient (Wildman–Crippen LogP) is 2.98. The Morgan fingerprint density at radius 3 is 1.73 bits per heavy atom. The van der Waals surface area contributed by atoms with Gasteiger partial charge in [-0.1, -0.05) is 0 Å². The van der Waals surface area contributed by atoms with E-state index in [0.717, 1.165) is 6.42 Å². The number of hydrogen-bond donors (Lipinski definition) is 0. The van der Waals surface area contributed by atoms with Gasteiger partial charge < -0.3 is 13.8 Å². The summed E-state index contributed by atoms with van der Waals surface area (Å²) in [5, 5.41) is 0. The summed E-state index contributed by atoms with van der Waals surface area (Å²) in [7, 11) is 0. The Hall–Kier alpha value is 0.727. The van der Waals surface area contributed by atoms with Crippen LogP contribution in [0.15, 0.2) is 18.2 Å². The molecule has 0 nitrogen and oxygen atoms in total. The standard InChI is InChI=1S/C5H5.2C2H5.2Ru/c1-2-4-5-3-1;2*1-2;;/h1-3H,4H2;2*1H2,2H3;;/q3*-1;+2;+3. The van der Waals surface area contributed by atoms with E-state index in [1.165, 1.54) is 0 Å². The van der Waals surface area contributed by atoms with Crippen LogP contribution in [0.25, 0.3) is 0 Å². The van der Waals surface area contributed by atoms with Crippen molar-refractivity contribution in [1.29, 1.82) is 0 Å². The summed E-state index contributed by atoms with van der Waals surface area (Å²) in [5.41, 5.74) is 0. The first-order valence-corrected chi connectivity index (χ1v) is 3.13. The molecular weight excluding hydrogens is 310 g/mol. The third kappa shape index (κ3) is 24.9. The molecule has 65 valence electrons. The maximum atomic E-state index is 3.25. The molecule has 0 aromatic rings. The van der Waals surface area contributed by atoms with Crippen molar-refractivity contribution in [1.82, 2.24) is 0 Å². The molecular formula is C9H15Ru2+2. The van der Waals surface area contributed by atoms with Crippen molar-refractivity contribution in [2.75, 3.05) is 0 Å². The van der Waals surface area contributed by atoms with E-state index < -0.39 is 0 Å². The molecule has 0 aromatic heterocycles. The fourth-order valence-electron chi connectivity index (χ4n) is 0.340. The van der Waals surface area contributed by atoms with Gasteiger partial charge in [0, 0.05) is 0 Å². The minimum atomic E-state index is 0. The zero-order valence-corrected chi connectivity index (χ0v) is 10.5. The van der Waals surface area contributed by atoms with Crippen LogP contribution in [0.4, 0.5) is 0 Å². The Kier molecular flexibility index (Phi) is 63.6. The normalized spacial score (nSPS) is 9.09. The van der Waals surface area contributed by atoms with Crippen LogP contribution in [0.2, 0.25) is 0 Å². The smallest absolute Gasteiger partial charge is 0.346 e. The Morgan fingerprint density at radius 2 is 1.64 bits per heavy atom. The number of rotatable bonds is 0. The summed E-state index contributed by atoms with van der Waals surface area (Å²) in [6, 6.07) is 0. The second-order valence-electron chi connectivity index (χ2n) is 1.00. The van der Waals surface area contributed by atoms with Gasteiger partial charge in [-0.05, 0) is 0 Å². The topological polar surface area (TPSA) is 0 Å². The first kappa shape index (κ1) is 22.6. The predicted molar refractivity (Wildman–Crippen MR) is 43.6 cm³/mol. The molecule has 0 heterocycles. The first-order chi connectivity index (χ1) is 4.50. The van der Waals surface area contributed by atoms with Gasteiger partial charge in [0.2, 0.25) is 0 Å². The molecule has 0 atom stereocenters. The summed E-state index contributed by atoms with van der Waals surface area (Å²) in [5.74, 6) is 0. The molecule has 1 aliphatic carbocycles. The molecule has 0 fully saturated rings. The average molecular weight is 325 g/mol. The Balaban J connectivity index is -0.0000000369. The van der Waals surface area contributed by atoms with Crippen molar-refractivity contribution in [3.05, 3.63) is 38.2 Å². The molecule has 0 aliphatic heterocycles. The average Bonchev–Trinajstić information content (AvgIpc) is 2.51. The quantitative estimate of drug-likeness (QED) is 0.474. The van der Waals surface area contributed by atoms with Gasteiger partial charge in [-0.15, -0.1) is 6.42 Å². The third-order valence-electron chi connectivity index (χ3n) is 0.586. The van der Waals surface area contributed by atoms with Crippen LogP contribution < -0.4 is 0 Å². The van der Waals surface area contributed by atoms with Gasteiger partial charge in [-0.25, -0.2) is 12.2 Å². The van der Waals surface area contributed by atoms with Crippen molar-refractivity contribution < 1.29 is 39.0 Å². The van der Waals surface area contributed by atoms with Crippen molar-refractivity contribution in [2.45, 2.75) is 20.3 Å². The molecule has 0 spiro atoms. The van der Waals surface area contributed by atoms with Gasteiger partial charge in [0.15, 0.2) is 0 Å². The summed E-state index contributed by atoms with van der Waals surface area (Å²) in [4.78, 5) is 0. The van der Waals surface area contributed by atoms with E-state index in [2.05, 4.69) is 26.0 Å². The summed E-state index contributed by atoms with van der Waals surface area (Å²) in [6.07, 6.45) is 10.0. The Morgan fingerprint density at radius 1 is 1.18 bits per heavy atom. The molecule has 1 aliphatic rings. The third-order valence-corrected chi connectivity index (χ3v) is 0.586. The molecule has 0 unspecified atom stereocenters. The van der Waals surface area contributed by atoms with E-state index >= 15 is 0 Å². The minimum Gasteiger partial charge on any atom is -0.346 e. The van der Waals surface area contributed by atoms with E-state index in [-0.39, 0.29) is 39.0 Å². The number of allylic oxidation sites excluding steroid dienone is 4. The van der Waals surface area contributed by atoms with Gasteiger partial charge in [0.05, 0.1) is 0 Å². The molecule has 0 saturated carbocycles. The monoisotopic (exact) mass is 327 g/mol. The van der Waals surface area contributed by atoms with Gasteiger partial charge in [-0.2, -0.15) is 19.9 Å². The molecule has 0 bridgehead atoms. The second kappa shape index (κ2) is 30.9. The van der Waals surface area contributed by atoms with Crippen LogP contribution in [0.1, 0.15) is 20.3 Å². The Labute approximate surface area is 97.1 Å². The van der Waals surface area contributed by atoms with Crippen LogP contribution >= 0.6 is 0 Å². The molecule has 1 radical (unpaired) electrons. The van der Waals surface area contributed by atoms with E-state index in [9.17, 15) is 0 Å². The van der Waals surface area contributed by atoms with E-state index in [0.29, 0.717) is 0 Å². The zero-order chi connectivity index (χ0) is 7.54. The number of hydrogen-bond acceptors (Lipinski definition) is 0. The van der Waals surface area contributed by atoms with Crippen LogP contribution in [0.3, 0.4) is 0 Å². The van der Waals surface area contributed by atoms with Crippen LogP contribution in [0.5, 0.6) is 0 Å². The minimum absolute atomic E-state index is 0. The van der Waals surface area contributed by atoms with Crippen molar-refractivity contribution >= 4 is 0 Å². The fraction of sp³-hybridized carbons (Fsp3) is 0.333. The molecule has 1 rings (SSSR count). The summed E-state index contributed by atoms with van der Waals surface area (Å²) < 4.78 is 0. The maximum absolute atomic E-state index is 3.25. The van der Waals surface area contributed by atoms with Gasteiger partial charge in [0.1, 0.15) is 0 Å². The van der Waals surface area contributed by atoms with E-state index in [1.807, 2.05) is 12.2 Å². The second-order valence-corrected chi connectivity index (χ2v) is 1.00. The van der Waals surface area contributed by atoms with Crippen LogP contribution in [-0.2, 0) is 39.0 Å². The molecule has 0 aromatic carbocycles. The fourth-order valence-corrected chi connectivity index (χ4v) is 0.340. The molecule has 2 heteroatoms. The summed E-state index contributed by atoms with van der Waals surface area (Å²) in [6.45, 7) is 10.0. The van der Waals surface area contributed by atoms with Crippen LogP contribution in [0, 0.1) is 19.9 Å². The SMILES string of the molecule is [C-]1=CC=CC1.[CH2-]C.[CH2-]C.[Ru+2].[Ru+3]. The van der Waals surface area contributed by atoms with Gasteiger partial charge >= 0.3 is 39.0 Å². The molecule has 0 amide bonds. The van der Waals surface area contributed by atoms with E-state index in [4.69, 9.17) is 0 Å². The maximum Gasteiger partial charge on any atom is 3.00 e. The Bertz CT molecular complexity index is 65.6. The molecule has 0 N–H and O–H groups in total. The summed E-state index contributed by atoms with van der Waals surface area (Å²) >= 11 is 0. The first-order valence-electron chi connectivity index (χ1n) is 3.13. The molecule has 0 saturated heterocycles. The van der Waals surface area contributed by atoms with Crippen molar-refractivity contribution in [3.8, 4) is 0 Å². The van der Waals surface area contributed by atoms with E-state index in [1.54, 1.807) is 13.8 Å².